The fourth-order valence-corrected chi connectivity index (χ4v) is 1.46. The van der Waals surface area contributed by atoms with Crippen LogP contribution in [0.4, 0.5) is 0 Å². The van der Waals surface area contributed by atoms with E-state index >= 15 is 0 Å². The molecule has 0 saturated carbocycles. The summed E-state index contributed by atoms with van der Waals surface area (Å²) in [6.07, 6.45) is 1.25. The Balaban J connectivity index is 2.58. The Labute approximate surface area is 87.9 Å². The molecule has 2 aromatic rings. The first kappa shape index (κ1) is 9.83. The Morgan fingerprint density at radius 1 is 1.47 bits per heavy atom. The maximum atomic E-state index is 10.5. The first-order valence-electron chi connectivity index (χ1n) is 5.00. The third kappa shape index (κ3) is 1.75. The molecule has 78 valence electrons. The first-order chi connectivity index (χ1) is 7.22. The van der Waals surface area contributed by atoms with E-state index in [-0.39, 0.29) is 0 Å². The van der Waals surface area contributed by atoms with E-state index in [2.05, 4.69) is 10.1 Å². The minimum atomic E-state index is 0.300. The van der Waals surface area contributed by atoms with E-state index < -0.39 is 0 Å². The maximum Gasteiger partial charge on any atom is 0.155 e. The van der Waals surface area contributed by atoms with Gasteiger partial charge in [-0.25, -0.2) is 9.50 Å². The zero-order valence-corrected chi connectivity index (χ0v) is 8.84. The van der Waals surface area contributed by atoms with Crippen LogP contribution >= 0.6 is 0 Å². The average molecular weight is 203 g/mol. The van der Waals surface area contributed by atoms with E-state index in [4.69, 9.17) is 0 Å². The number of carbonyl (C=O) groups is 1. The number of rotatable bonds is 3. The average Bonchev–Trinajstić information content (AvgIpc) is 2.63. The standard InChI is InChI=1S/C11H13N3O/c1-8(2)11-12-10-5-3-4-9(6-7-15)14(10)13-11/h3-5,7-8H,6H2,1-2H3. The van der Waals surface area contributed by atoms with E-state index in [9.17, 15) is 4.79 Å². The lowest BCUT2D eigenvalue weighted by molar-refractivity contribution is -0.107. The van der Waals surface area contributed by atoms with Gasteiger partial charge in [0.15, 0.2) is 11.5 Å². The van der Waals surface area contributed by atoms with Gasteiger partial charge in [0, 0.05) is 12.3 Å². The molecule has 0 radical (unpaired) electrons. The molecule has 0 unspecified atom stereocenters. The smallest absolute Gasteiger partial charge is 0.155 e. The van der Waals surface area contributed by atoms with Gasteiger partial charge in [0.25, 0.3) is 0 Å². The van der Waals surface area contributed by atoms with Crippen molar-refractivity contribution in [3.63, 3.8) is 0 Å². The second-order valence-corrected chi connectivity index (χ2v) is 3.78. The van der Waals surface area contributed by atoms with Gasteiger partial charge in [-0.05, 0) is 12.1 Å². The molecule has 0 aliphatic carbocycles. The molecule has 2 rings (SSSR count). The van der Waals surface area contributed by atoms with Crippen LogP contribution in [-0.4, -0.2) is 20.9 Å². The van der Waals surface area contributed by atoms with Crippen molar-refractivity contribution in [3.05, 3.63) is 29.7 Å². The molecule has 2 aromatic heterocycles. The second-order valence-electron chi connectivity index (χ2n) is 3.78. The van der Waals surface area contributed by atoms with Crippen LogP contribution in [0.1, 0.15) is 31.3 Å². The van der Waals surface area contributed by atoms with Crippen LogP contribution in [0, 0.1) is 0 Å². The van der Waals surface area contributed by atoms with Crippen molar-refractivity contribution in [1.82, 2.24) is 14.6 Å². The van der Waals surface area contributed by atoms with Crippen LogP contribution in [0.2, 0.25) is 0 Å². The van der Waals surface area contributed by atoms with Crippen molar-refractivity contribution in [2.24, 2.45) is 0 Å². The summed E-state index contributed by atoms with van der Waals surface area (Å²) in [5.74, 6) is 1.11. The van der Waals surface area contributed by atoms with E-state index in [1.807, 2.05) is 32.0 Å². The molecule has 0 atom stereocenters. The Morgan fingerprint density at radius 2 is 2.27 bits per heavy atom. The monoisotopic (exact) mass is 203 g/mol. The van der Waals surface area contributed by atoms with Crippen LogP contribution in [0.25, 0.3) is 5.65 Å². The molecule has 0 bridgehead atoms. The van der Waals surface area contributed by atoms with Crippen LogP contribution in [0.15, 0.2) is 18.2 Å². The van der Waals surface area contributed by atoms with Gasteiger partial charge in [-0.2, -0.15) is 5.10 Å². The fourth-order valence-electron chi connectivity index (χ4n) is 1.46. The van der Waals surface area contributed by atoms with Crippen LogP contribution in [0.5, 0.6) is 0 Å². The minimum Gasteiger partial charge on any atom is -0.303 e. The van der Waals surface area contributed by atoms with E-state index in [0.29, 0.717) is 12.3 Å². The molecular formula is C11H13N3O. The quantitative estimate of drug-likeness (QED) is 0.712. The summed E-state index contributed by atoms with van der Waals surface area (Å²) < 4.78 is 1.74. The normalized spacial score (nSPS) is 11.1. The number of nitrogens with zero attached hydrogens (tertiary/aromatic N) is 3. The van der Waals surface area contributed by atoms with Gasteiger partial charge in [0.2, 0.25) is 0 Å². The number of carbonyl (C=O) groups excluding carboxylic acids is 1. The number of hydrogen-bond acceptors (Lipinski definition) is 3. The van der Waals surface area contributed by atoms with Gasteiger partial charge in [0.05, 0.1) is 5.69 Å². The number of hydrogen-bond donors (Lipinski definition) is 0. The third-order valence-corrected chi connectivity index (χ3v) is 2.26. The molecule has 0 spiro atoms. The van der Waals surface area contributed by atoms with Gasteiger partial charge >= 0.3 is 0 Å². The van der Waals surface area contributed by atoms with Crippen LogP contribution < -0.4 is 0 Å². The molecule has 0 aliphatic rings. The summed E-state index contributed by atoms with van der Waals surface area (Å²) in [5.41, 5.74) is 1.68. The lowest BCUT2D eigenvalue weighted by Gasteiger charge is -1.98. The molecule has 4 nitrogen and oxygen atoms in total. The number of aldehydes is 1. The summed E-state index contributed by atoms with van der Waals surface area (Å²) in [6.45, 7) is 4.10. The predicted molar refractivity (Wildman–Crippen MR) is 56.8 cm³/mol. The van der Waals surface area contributed by atoms with Gasteiger partial charge in [-0.15, -0.1) is 0 Å². The highest BCUT2D eigenvalue weighted by molar-refractivity contribution is 5.55. The highest BCUT2D eigenvalue weighted by Crippen LogP contribution is 2.12. The van der Waals surface area contributed by atoms with Gasteiger partial charge in [0.1, 0.15) is 6.29 Å². The largest absolute Gasteiger partial charge is 0.303 e. The molecule has 0 N–H and O–H groups in total. The van der Waals surface area contributed by atoms with Crippen molar-refractivity contribution in [2.45, 2.75) is 26.2 Å². The number of pyridine rings is 1. The van der Waals surface area contributed by atoms with Gasteiger partial charge in [-0.1, -0.05) is 19.9 Å². The van der Waals surface area contributed by atoms with Crippen LogP contribution in [-0.2, 0) is 11.2 Å². The van der Waals surface area contributed by atoms with Crippen molar-refractivity contribution in [2.75, 3.05) is 0 Å². The van der Waals surface area contributed by atoms with Crippen molar-refractivity contribution in [3.8, 4) is 0 Å². The van der Waals surface area contributed by atoms with E-state index in [1.165, 1.54) is 0 Å². The van der Waals surface area contributed by atoms with E-state index in [0.717, 1.165) is 23.5 Å². The SMILES string of the molecule is CC(C)c1nc2cccc(CC=O)n2n1. The lowest BCUT2D eigenvalue weighted by Crippen LogP contribution is -1.99. The molecule has 15 heavy (non-hydrogen) atoms. The Kier molecular flexibility index (Phi) is 2.49. The predicted octanol–water partition coefficient (Wildman–Crippen LogP) is 1.59. The van der Waals surface area contributed by atoms with E-state index in [1.54, 1.807) is 4.52 Å². The molecule has 0 saturated heterocycles. The zero-order chi connectivity index (χ0) is 10.8. The summed E-state index contributed by atoms with van der Waals surface area (Å²) in [7, 11) is 0. The number of fused-ring (bicyclic) bond motifs is 1. The van der Waals surface area contributed by atoms with Gasteiger partial charge in [-0.3, -0.25) is 0 Å². The summed E-state index contributed by atoms with van der Waals surface area (Å²) in [4.78, 5) is 14.9. The Morgan fingerprint density at radius 3 is 2.93 bits per heavy atom. The molecule has 4 heteroatoms. The minimum absolute atomic E-state index is 0.300. The number of aromatic nitrogens is 3. The summed E-state index contributed by atoms with van der Waals surface area (Å²) >= 11 is 0. The topological polar surface area (TPSA) is 47.3 Å². The summed E-state index contributed by atoms with van der Waals surface area (Å²) in [5, 5.41) is 4.38. The first-order valence-corrected chi connectivity index (χ1v) is 5.00. The lowest BCUT2D eigenvalue weighted by atomic mass is 10.2. The third-order valence-electron chi connectivity index (χ3n) is 2.26. The molecule has 0 aliphatic heterocycles. The highest BCUT2D eigenvalue weighted by atomic mass is 16.1. The highest BCUT2D eigenvalue weighted by Gasteiger charge is 2.09. The van der Waals surface area contributed by atoms with Crippen LogP contribution in [0.3, 0.4) is 0 Å². The zero-order valence-electron chi connectivity index (χ0n) is 8.84. The molecular weight excluding hydrogens is 190 g/mol. The van der Waals surface area contributed by atoms with Crippen molar-refractivity contribution in [1.29, 1.82) is 0 Å². The van der Waals surface area contributed by atoms with Crippen molar-refractivity contribution < 1.29 is 4.79 Å². The molecule has 0 fully saturated rings. The summed E-state index contributed by atoms with van der Waals surface area (Å²) in [6, 6.07) is 5.68. The fraction of sp³-hybridized carbons (Fsp3) is 0.364. The molecule has 0 aromatic carbocycles. The maximum absolute atomic E-state index is 10.5. The van der Waals surface area contributed by atoms with Crippen molar-refractivity contribution >= 4 is 11.9 Å². The Hall–Kier alpha value is -1.71. The second kappa shape index (κ2) is 3.81. The molecule has 2 heterocycles. The Bertz CT molecular complexity index is 488. The molecule has 0 amide bonds. The van der Waals surface area contributed by atoms with Gasteiger partial charge < -0.3 is 4.79 Å².